The van der Waals surface area contributed by atoms with Crippen LogP contribution in [0.4, 0.5) is 8.78 Å². The monoisotopic (exact) mass is 1120 g/mol. The molecule has 0 unspecified atom stereocenters. The Kier molecular flexibility index (Phi) is 18.9. The number of piperazine rings is 1. The lowest BCUT2D eigenvalue weighted by molar-refractivity contribution is -0.145. The number of allylic oxidation sites excluding steroid dienone is 2. The SMILES string of the molecule is COCCOCCOCCOC[C@]1(F)CC=C(c2nccc(COc3ccc4cc3C[C@H](C(=O)O)Oc3ncnc5sc(-c6ccc(F)cc6)c(c35)-c3c(C)c(Cl)c(c(Cl)c3C)O[C@H](CN3CCN(C)CC3)CO4)n2)CC1. The highest BCUT2D eigenvalue weighted by Crippen LogP contribution is 2.53. The first kappa shape index (κ1) is 56.1. The second-order valence-electron chi connectivity index (χ2n) is 19.3. The van der Waals surface area contributed by atoms with Gasteiger partial charge < -0.3 is 47.9 Å². The van der Waals surface area contributed by atoms with Crippen molar-refractivity contribution in [2.75, 3.05) is 99.7 Å². The number of ether oxygens (including phenoxy) is 8. The zero-order valence-corrected chi connectivity index (χ0v) is 45.8. The van der Waals surface area contributed by atoms with E-state index in [-0.39, 0.29) is 61.6 Å². The summed E-state index contributed by atoms with van der Waals surface area (Å²) in [5, 5.41) is 11.9. The Balaban J connectivity index is 1.00. The average Bonchev–Trinajstić information content (AvgIpc) is 3.83. The van der Waals surface area contributed by atoms with Gasteiger partial charge in [0.2, 0.25) is 12.0 Å². The molecule has 4 bridgehead atoms. The molecule has 6 aromatic rings. The van der Waals surface area contributed by atoms with Crippen LogP contribution in [-0.4, -0.2) is 158 Å². The van der Waals surface area contributed by atoms with E-state index >= 15 is 4.39 Å². The van der Waals surface area contributed by atoms with E-state index in [2.05, 4.69) is 31.8 Å². The highest BCUT2D eigenvalue weighted by atomic mass is 35.5. The van der Waals surface area contributed by atoms with Crippen molar-refractivity contribution in [1.29, 1.82) is 0 Å². The third kappa shape index (κ3) is 13.8. The molecule has 3 aromatic carbocycles. The summed E-state index contributed by atoms with van der Waals surface area (Å²) < 4.78 is 78.1. The molecular weight excluding hydrogens is 1060 g/mol. The number of aromatic nitrogens is 4. The van der Waals surface area contributed by atoms with Gasteiger partial charge in [0, 0.05) is 74.9 Å². The van der Waals surface area contributed by atoms with E-state index in [1.54, 1.807) is 49.7 Å². The molecule has 3 aromatic heterocycles. The van der Waals surface area contributed by atoms with Gasteiger partial charge in [-0.3, -0.25) is 4.90 Å². The number of aliphatic carboxylic acids is 1. The molecule has 77 heavy (non-hydrogen) atoms. The van der Waals surface area contributed by atoms with E-state index in [0.29, 0.717) is 123 Å². The van der Waals surface area contributed by atoms with Crippen LogP contribution in [0.3, 0.4) is 0 Å². The summed E-state index contributed by atoms with van der Waals surface area (Å²) in [5.41, 5.74) is 3.48. The number of hydrogen-bond acceptors (Lipinski definition) is 16. The summed E-state index contributed by atoms with van der Waals surface area (Å²) in [5.74, 6) is -0.118. The number of likely N-dealkylation sites (N-methyl/N-ethyl adjacent to an activating group) is 1. The van der Waals surface area contributed by atoms with Gasteiger partial charge in [0.1, 0.15) is 53.5 Å². The molecule has 0 radical (unpaired) electrons. The van der Waals surface area contributed by atoms with Crippen molar-refractivity contribution in [3.8, 4) is 44.7 Å². The van der Waals surface area contributed by atoms with Gasteiger partial charge in [-0.05, 0) is 98.0 Å². The number of alkyl halides is 1. The standard InChI is InChI=1S/C56H62Cl2F2N6O10S/c1-34-45-35(2)49(58)50(48(34)57)75-42(29-66-19-17-65(3)18-20-66)31-73-41-9-10-43(38(27-41)28-44(55(67)68)76-53-47-46(45)51(77-54(47)63-33-62-53)36-5-7-39(59)8-6-36)74-30-40-13-16-61-52(64-40)37-11-14-56(60,15-12-37)32-72-26-25-71-24-23-70-22-21-69-4/h5-11,13,16,27,33,42,44H,12,14-15,17-26,28-32H2,1-4H3,(H,67,68)/t42-,44-,56+/m1/s1. The lowest BCUT2D eigenvalue weighted by Crippen LogP contribution is -2.49. The van der Waals surface area contributed by atoms with Gasteiger partial charge in [-0.25, -0.2) is 33.5 Å². The Morgan fingerprint density at radius 2 is 1.64 bits per heavy atom. The largest absolute Gasteiger partial charge is 0.490 e. The van der Waals surface area contributed by atoms with Crippen LogP contribution in [0.5, 0.6) is 23.1 Å². The van der Waals surface area contributed by atoms with Crippen molar-refractivity contribution >= 4 is 56.3 Å². The van der Waals surface area contributed by atoms with Crippen LogP contribution in [0.1, 0.15) is 47.5 Å². The van der Waals surface area contributed by atoms with Crippen LogP contribution in [0.2, 0.25) is 10.0 Å². The number of halogens is 4. The second kappa shape index (κ2) is 25.9. The quantitative estimate of drug-likeness (QED) is 0.0760. The van der Waals surface area contributed by atoms with Crippen molar-refractivity contribution in [1.82, 2.24) is 29.7 Å². The fourth-order valence-corrected chi connectivity index (χ4v) is 11.2. The average molecular weight is 1120 g/mol. The molecule has 1 fully saturated rings. The molecule has 0 amide bonds. The van der Waals surface area contributed by atoms with Gasteiger partial charge in [0.15, 0.2) is 11.6 Å². The number of hydrogen-bond donors (Lipinski definition) is 1. The van der Waals surface area contributed by atoms with E-state index in [4.69, 9.17) is 66.1 Å². The summed E-state index contributed by atoms with van der Waals surface area (Å²) in [6.45, 7) is 10.1. The van der Waals surface area contributed by atoms with Crippen LogP contribution >= 0.6 is 34.5 Å². The molecule has 410 valence electrons. The van der Waals surface area contributed by atoms with Gasteiger partial charge >= 0.3 is 5.97 Å². The molecule has 3 aliphatic heterocycles. The maximum Gasteiger partial charge on any atom is 0.345 e. The molecule has 0 spiro atoms. The number of rotatable bonds is 19. The number of fused-ring (bicyclic) bond motifs is 7. The molecule has 1 aliphatic carbocycles. The van der Waals surface area contributed by atoms with Gasteiger partial charge in [-0.1, -0.05) is 41.4 Å². The Bertz CT molecular complexity index is 3030. The third-order valence-corrected chi connectivity index (χ3v) is 15.9. The summed E-state index contributed by atoms with van der Waals surface area (Å²) in [6, 6.07) is 13.0. The Morgan fingerprint density at radius 1 is 0.909 bits per heavy atom. The maximum absolute atomic E-state index is 15.8. The smallest absolute Gasteiger partial charge is 0.345 e. The number of carboxylic acids is 1. The van der Waals surface area contributed by atoms with E-state index in [0.717, 1.165) is 31.8 Å². The molecular formula is C56H62Cl2F2N6O10S. The van der Waals surface area contributed by atoms with Gasteiger partial charge in [0.25, 0.3) is 0 Å². The number of carbonyl (C=O) groups is 1. The van der Waals surface area contributed by atoms with Crippen LogP contribution in [0.15, 0.2) is 67.1 Å². The minimum absolute atomic E-state index is 0.00370. The van der Waals surface area contributed by atoms with Crippen molar-refractivity contribution in [3.05, 3.63) is 111 Å². The van der Waals surface area contributed by atoms with Crippen molar-refractivity contribution < 1.29 is 56.6 Å². The topological polar surface area (TPSA) is 169 Å². The maximum atomic E-state index is 15.8. The van der Waals surface area contributed by atoms with E-state index < -0.39 is 29.7 Å². The van der Waals surface area contributed by atoms with E-state index in [1.165, 1.54) is 29.8 Å². The molecule has 4 aliphatic rings. The molecule has 21 heteroatoms. The second-order valence-corrected chi connectivity index (χ2v) is 21.1. The molecule has 1 saturated heterocycles. The Hall–Kier alpha value is -5.61. The summed E-state index contributed by atoms with van der Waals surface area (Å²) in [7, 11) is 3.71. The third-order valence-electron chi connectivity index (χ3n) is 13.8. The van der Waals surface area contributed by atoms with Crippen LogP contribution in [0.25, 0.3) is 37.4 Å². The lowest BCUT2D eigenvalue weighted by Gasteiger charge is -2.35. The number of methoxy groups -OCH3 is 1. The minimum Gasteiger partial charge on any atom is -0.490 e. The number of nitrogens with zero attached hydrogens (tertiary/aromatic N) is 6. The number of carboxylic acid groups (broad SMARTS) is 1. The molecule has 6 heterocycles. The zero-order valence-electron chi connectivity index (χ0n) is 43.5. The fraction of sp³-hybridized carbons (Fsp3) is 0.446. The van der Waals surface area contributed by atoms with Gasteiger partial charge in [-0.15, -0.1) is 11.3 Å². The first-order chi connectivity index (χ1) is 37.3. The first-order valence-electron chi connectivity index (χ1n) is 25.6. The van der Waals surface area contributed by atoms with Gasteiger partial charge in [0.05, 0.1) is 67.4 Å². The molecule has 3 atom stereocenters. The molecule has 10 rings (SSSR count). The summed E-state index contributed by atoms with van der Waals surface area (Å²) >= 11 is 16.0. The van der Waals surface area contributed by atoms with Gasteiger partial charge in [-0.2, -0.15) is 0 Å². The normalized spacial score (nSPS) is 19.3. The Labute approximate surface area is 460 Å². The van der Waals surface area contributed by atoms with Crippen LogP contribution < -0.4 is 18.9 Å². The first-order valence-corrected chi connectivity index (χ1v) is 27.1. The van der Waals surface area contributed by atoms with E-state index in [1.807, 2.05) is 19.9 Å². The van der Waals surface area contributed by atoms with Crippen molar-refractivity contribution in [2.24, 2.45) is 0 Å². The lowest BCUT2D eigenvalue weighted by atomic mass is 9.87. The number of thiophene rings is 1. The summed E-state index contributed by atoms with van der Waals surface area (Å²) in [6.07, 6.45) is 3.32. The zero-order chi connectivity index (χ0) is 54.1. The predicted octanol–water partition coefficient (Wildman–Crippen LogP) is 9.89. The van der Waals surface area contributed by atoms with Crippen LogP contribution in [0, 0.1) is 19.7 Å². The summed E-state index contributed by atoms with van der Waals surface area (Å²) in [4.78, 5) is 37.7. The predicted molar refractivity (Wildman–Crippen MR) is 290 cm³/mol. The highest BCUT2D eigenvalue weighted by molar-refractivity contribution is 7.22. The van der Waals surface area contributed by atoms with E-state index in [9.17, 15) is 14.3 Å². The van der Waals surface area contributed by atoms with Crippen LogP contribution in [-0.2, 0) is 36.8 Å². The molecule has 16 nitrogen and oxygen atoms in total. The molecule has 0 saturated carbocycles. The van der Waals surface area contributed by atoms with Crippen molar-refractivity contribution in [3.63, 3.8) is 0 Å². The number of benzene rings is 3. The fourth-order valence-electron chi connectivity index (χ4n) is 9.54. The van der Waals surface area contributed by atoms with Crippen molar-refractivity contribution in [2.45, 2.75) is 64.0 Å². The Morgan fingerprint density at radius 3 is 2.34 bits per heavy atom. The highest BCUT2D eigenvalue weighted by Gasteiger charge is 2.34. The molecule has 1 N–H and O–H groups in total. The minimum atomic E-state index is -1.53.